The molecule has 1 unspecified atom stereocenters. The van der Waals surface area contributed by atoms with Gasteiger partial charge in [0.25, 0.3) is 0 Å². The van der Waals surface area contributed by atoms with Crippen molar-refractivity contribution < 1.29 is 4.79 Å². The molecule has 0 saturated carbocycles. The second-order valence-electron chi connectivity index (χ2n) is 5.33. The Morgan fingerprint density at radius 2 is 2.06 bits per heavy atom. The molecule has 0 heterocycles. The van der Waals surface area contributed by atoms with Gasteiger partial charge in [-0.2, -0.15) is 0 Å². The Hall–Kier alpha value is -0.850. The van der Waals surface area contributed by atoms with Gasteiger partial charge in [0.1, 0.15) is 0 Å². The average molecular weight is 248 g/mol. The lowest BCUT2D eigenvalue weighted by Gasteiger charge is -2.15. The van der Waals surface area contributed by atoms with Crippen molar-refractivity contribution in [1.29, 1.82) is 0 Å². The summed E-state index contributed by atoms with van der Waals surface area (Å²) in [6.45, 7) is 4.31. The number of carbonyl (C=O) groups is 1. The first-order valence-corrected chi connectivity index (χ1v) is 7.64. The van der Waals surface area contributed by atoms with E-state index in [4.69, 9.17) is 0 Å². The molecule has 0 spiro atoms. The van der Waals surface area contributed by atoms with Gasteiger partial charge in [0, 0.05) is 6.42 Å². The Labute approximate surface area is 112 Å². The molecule has 0 N–H and O–H groups in total. The zero-order chi connectivity index (χ0) is 13.2. The fourth-order valence-electron chi connectivity index (χ4n) is 2.71. The SMILES string of the molecule is C/C=C/CC(CCCCCCC)C1=CCCC1=O. The zero-order valence-electron chi connectivity index (χ0n) is 12.1. The van der Waals surface area contributed by atoms with Crippen molar-refractivity contribution in [1.82, 2.24) is 0 Å². The Bertz CT molecular complexity index is 299. The van der Waals surface area contributed by atoms with Crippen LogP contribution in [0, 0.1) is 5.92 Å². The summed E-state index contributed by atoms with van der Waals surface area (Å²) in [5, 5.41) is 0. The van der Waals surface area contributed by atoms with Crippen LogP contribution in [0.15, 0.2) is 23.8 Å². The minimum absolute atomic E-state index is 0.401. The number of ketones is 1. The smallest absolute Gasteiger partial charge is 0.159 e. The summed E-state index contributed by atoms with van der Waals surface area (Å²) in [5.41, 5.74) is 1.13. The minimum Gasteiger partial charge on any atom is -0.295 e. The summed E-state index contributed by atoms with van der Waals surface area (Å²) in [5.74, 6) is 0.885. The molecule has 0 fully saturated rings. The van der Waals surface area contributed by atoms with Crippen LogP contribution in [0.2, 0.25) is 0 Å². The summed E-state index contributed by atoms with van der Waals surface area (Å²) in [6, 6.07) is 0. The Kier molecular flexibility index (Phi) is 7.71. The molecule has 1 aliphatic rings. The van der Waals surface area contributed by atoms with Crippen LogP contribution in [0.5, 0.6) is 0 Å². The van der Waals surface area contributed by atoms with Crippen LogP contribution in [0.25, 0.3) is 0 Å². The van der Waals surface area contributed by atoms with E-state index in [-0.39, 0.29) is 0 Å². The molecule has 0 aromatic heterocycles. The lowest BCUT2D eigenvalue weighted by Crippen LogP contribution is -2.09. The molecule has 1 heteroatoms. The predicted molar refractivity (Wildman–Crippen MR) is 78.6 cm³/mol. The van der Waals surface area contributed by atoms with E-state index in [1.807, 2.05) is 0 Å². The summed E-state index contributed by atoms with van der Waals surface area (Å²) in [6.07, 6.45) is 17.0. The maximum atomic E-state index is 11.8. The first-order valence-electron chi connectivity index (χ1n) is 7.64. The van der Waals surface area contributed by atoms with E-state index in [1.54, 1.807) is 0 Å². The highest BCUT2D eigenvalue weighted by atomic mass is 16.1. The minimum atomic E-state index is 0.401. The zero-order valence-corrected chi connectivity index (χ0v) is 12.1. The second kappa shape index (κ2) is 9.13. The van der Waals surface area contributed by atoms with Crippen LogP contribution < -0.4 is 0 Å². The molecule has 0 aromatic rings. The van der Waals surface area contributed by atoms with Crippen molar-refractivity contribution in [2.24, 2.45) is 5.92 Å². The quantitative estimate of drug-likeness (QED) is 0.404. The number of Topliss-reactive ketones (excluding diaryl/α,β-unsaturated/α-hetero) is 1. The van der Waals surface area contributed by atoms with Crippen molar-refractivity contribution in [2.75, 3.05) is 0 Å². The summed E-state index contributed by atoms with van der Waals surface area (Å²) in [4.78, 5) is 11.8. The van der Waals surface area contributed by atoms with Crippen molar-refractivity contribution in [2.45, 2.75) is 71.6 Å². The second-order valence-corrected chi connectivity index (χ2v) is 5.33. The van der Waals surface area contributed by atoms with Gasteiger partial charge in [0.15, 0.2) is 5.78 Å². The van der Waals surface area contributed by atoms with Crippen molar-refractivity contribution in [3.8, 4) is 0 Å². The van der Waals surface area contributed by atoms with Crippen LogP contribution in [0.3, 0.4) is 0 Å². The molecule has 1 rings (SSSR count). The molecule has 0 aromatic carbocycles. The third-order valence-corrected chi connectivity index (χ3v) is 3.81. The van der Waals surface area contributed by atoms with Crippen LogP contribution >= 0.6 is 0 Å². The molecule has 1 nitrogen and oxygen atoms in total. The normalized spacial score (nSPS) is 17.4. The van der Waals surface area contributed by atoms with Gasteiger partial charge in [-0.15, -0.1) is 0 Å². The monoisotopic (exact) mass is 248 g/mol. The Morgan fingerprint density at radius 3 is 2.67 bits per heavy atom. The van der Waals surface area contributed by atoms with Gasteiger partial charge in [-0.1, -0.05) is 57.3 Å². The third kappa shape index (κ3) is 5.20. The maximum Gasteiger partial charge on any atom is 0.159 e. The van der Waals surface area contributed by atoms with Gasteiger partial charge in [0.05, 0.1) is 0 Å². The molecule has 0 aliphatic heterocycles. The molecule has 1 atom stereocenters. The van der Waals surface area contributed by atoms with Crippen molar-refractivity contribution in [3.63, 3.8) is 0 Å². The van der Waals surface area contributed by atoms with E-state index in [2.05, 4.69) is 32.1 Å². The number of allylic oxidation sites excluding steroid dienone is 4. The first kappa shape index (κ1) is 15.2. The highest BCUT2D eigenvalue weighted by molar-refractivity contribution is 5.97. The number of hydrogen-bond acceptors (Lipinski definition) is 1. The van der Waals surface area contributed by atoms with E-state index in [0.717, 1.165) is 24.8 Å². The van der Waals surface area contributed by atoms with E-state index in [1.165, 1.54) is 38.5 Å². The fourth-order valence-corrected chi connectivity index (χ4v) is 2.71. The van der Waals surface area contributed by atoms with E-state index in [0.29, 0.717) is 11.7 Å². The molecule has 1 aliphatic carbocycles. The van der Waals surface area contributed by atoms with Crippen LogP contribution in [0.4, 0.5) is 0 Å². The van der Waals surface area contributed by atoms with Crippen molar-refractivity contribution in [3.05, 3.63) is 23.8 Å². The topological polar surface area (TPSA) is 17.1 Å². The van der Waals surface area contributed by atoms with Crippen LogP contribution in [0.1, 0.15) is 71.6 Å². The summed E-state index contributed by atoms with van der Waals surface area (Å²) < 4.78 is 0. The average Bonchev–Trinajstić information content (AvgIpc) is 2.79. The number of rotatable bonds is 9. The highest BCUT2D eigenvalue weighted by Crippen LogP contribution is 2.29. The van der Waals surface area contributed by atoms with Gasteiger partial charge >= 0.3 is 0 Å². The molecular weight excluding hydrogens is 220 g/mol. The molecule has 18 heavy (non-hydrogen) atoms. The van der Waals surface area contributed by atoms with Gasteiger partial charge in [-0.05, 0) is 37.7 Å². The number of carbonyl (C=O) groups excluding carboxylic acids is 1. The third-order valence-electron chi connectivity index (χ3n) is 3.81. The van der Waals surface area contributed by atoms with Crippen LogP contribution in [-0.2, 0) is 4.79 Å². The molecule has 0 saturated heterocycles. The van der Waals surface area contributed by atoms with E-state index >= 15 is 0 Å². The molecule has 0 radical (unpaired) electrons. The maximum absolute atomic E-state index is 11.8. The standard InChI is InChI=1S/C17H28O/c1-3-5-7-8-9-12-15(11-6-4-2)16-13-10-14-17(16)18/h4,6,13,15H,3,5,7-12,14H2,1-2H3/b6-4+. The molecule has 0 bridgehead atoms. The highest BCUT2D eigenvalue weighted by Gasteiger charge is 2.22. The lowest BCUT2D eigenvalue weighted by molar-refractivity contribution is -0.115. The molecule has 0 amide bonds. The predicted octanol–water partition coefficient (Wildman–Crippen LogP) is 5.22. The Balaban J connectivity index is 2.38. The molecular formula is C17H28O. The van der Waals surface area contributed by atoms with E-state index in [9.17, 15) is 4.79 Å². The number of unbranched alkanes of at least 4 members (excludes halogenated alkanes) is 4. The summed E-state index contributed by atoms with van der Waals surface area (Å²) in [7, 11) is 0. The van der Waals surface area contributed by atoms with Crippen molar-refractivity contribution >= 4 is 5.78 Å². The van der Waals surface area contributed by atoms with Gasteiger partial charge in [-0.25, -0.2) is 0 Å². The largest absolute Gasteiger partial charge is 0.295 e. The summed E-state index contributed by atoms with van der Waals surface area (Å²) >= 11 is 0. The number of hydrogen-bond donors (Lipinski definition) is 0. The van der Waals surface area contributed by atoms with Crippen LogP contribution in [-0.4, -0.2) is 5.78 Å². The first-order chi connectivity index (χ1) is 8.79. The van der Waals surface area contributed by atoms with Gasteiger partial charge < -0.3 is 0 Å². The Morgan fingerprint density at radius 1 is 1.28 bits per heavy atom. The lowest BCUT2D eigenvalue weighted by atomic mass is 9.88. The van der Waals surface area contributed by atoms with E-state index < -0.39 is 0 Å². The van der Waals surface area contributed by atoms with Gasteiger partial charge in [-0.3, -0.25) is 4.79 Å². The molecule has 102 valence electrons. The van der Waals surface area contributed by atoms with Gasteiger partial charge in [0.2, 0.25) is 0 Å². The fraction of sp³-hybridized carbons (Fsp3) is 0.706.